The second-order valence-corrected chi connectivity index (χ2v) is 10.1. The Kier molecular flexibility index (Phi) is 6.43. The fourth-order valence-corrected chi connectivity index (χ4v) is 6.21. The van der Waals surface area contributed by atoms with Gasteiger partial charge in [0, 0.05) is 12.0 Å². The topological polar surface area (TPSA) is 89.5 Å². The van der Waals surface area contributed by atoms with E-state index in [1.54, 1.807) is 32.0 Å². The van der Waals surface area contributed by atoms with Crippen LogP contribution in [0.1, 0.15) is 31.0 Å². The summed E-state index contributed by atoms with van der Waals surface area (Å²) in [4.78, 5) is 26.0. The van der Waals surface area contributed by atoms with Gasteiger partial charge in [0.25, 0.3) is 0 Å². The van der Waals surface area contributed by atoms with E-state index in [2.05, 4.69) is 5.32 Å². The molecule has 1 fully saturated rings. The summed E-state index contributed by atoms with van der Waals surface area (Å²) >= 11 is 0. The van der Waals surface area contributed by atoms with E-state index in [1.807, 2.05) is 31.2 Å². The zero-order valence-corrected chi connectivity index (χ0v) is 18.3. The molecule has 2 aromatic rings. The van der Waals surface area contributed by atoms with Gasteiger partial charge in [0.05, 0.1) is 17.9 Å². The molecule has 3 rings (SSSR count). The van der Waals surface area contributed by atoms with Crippen LogP contribution in [0.5, 0.6) is 0 Å². The lowest BCUT2D eigenvalue weighted by molar-refractivity contribution is -0.142. The predicted molar refractivity (Wildman–Crippen MR) is 114 cm³/mol. The first-order chi connectivity index (χ1) is 14.2. The Morgan fingerprint density at radius 3 is 2.27 bits per heavy atom. The van der Waals surface area contributed by atoms with Crippen LogP contribution in [-0.2, 0) is 24.2 Å². The average Bonchev–Trinajstić information content (AvgIpc) is 3.14. The first kappa shape index (κ1) is 22.2. The molecule has 1 aliphatic rings. The molecular weight excluding hydrogens is 402 g/mol. The van der Waals surface area contributed by atoms with Gasteiger partial charge in [0.2, 0.25) is 0 Å². The molecule has 1 saturated heterocycles. The number of esters is 1. The van der Waals surface area contributed by atoms with Crippen molar-refractivity contribution >= 4 is 21.6 Å². The van der Waals surface area contributed by atoms with E-state index in [0.29, 0.717) is 0 Å². The van der Waals surface area contributed by atoms with Gasteiger partial charge in [-0.1, -0.05) is 61.9 Å². The molecule has 0 aromatic heterocycles. The van der Waals surface area contributed by atoms with Gasteiger partial charge in [-0.05, 0) is 24.6 Å². The molecule has 0 radical (unpaired) electrons. The minimum atomic E-state index is -4.01. The van der Waals surface area contributed by atoms with Gasteiger partial charge in [-0.25, -0.2) is 8.42 Å². The van der Waals surface area contributed by atoms with Crippen LogP contribution in [0.25, 0.3) is 0 Å². The van der Waals surface area contributed by atoms with Crippen LogP contribution < -0.4 is 5.32 Å². The van der Waals surface area contributed by atoms with Crippen LogP contribution in [0.2, 0.25) is 0 Å². The number of carbonyl (C=O) groups is 2. The van der Waals surface area contributed by atoms with Gasteiger partial charge in [0.15, 0.2) is 9.84 Å². The smallest absolute Gasteiger partial charge is 0.324 e. The summed E-state index contributed by atoms with van der Waals surface area (Å²) in [5.74, 6) is -2.23. The highest BCUT2D eigenvalue weighted by atomic mass is 32.2. The lowest BCUT2D eigenvalue weighted by atomic mass is 9.84. The monoisotopic (exact) mass is 429 g/mol. The van der Waals surface area contributed by atoms with Gasteiger partial charge < -0.3 is 4.74 Å². The number of carbonyl (C=O) groups excluding carboxylic acids is 2. The fraction of sp³-hybridized carbons (Fsp3) is 0.391. The van der Waals surface area contributed by atoms with Crippen LogP contribution in [0, 0.1) is 18.8 Å². The van der Waals surface area contributed by atoms with Gasteiger partial charge in [0.1, 0.15) is 17.1 Å². The van der Waals surface area contributed by atoms with Crippen molar-refractivity contribution in [2.75, 3.05) is 7.11 Å². The Labute approximate surface area is 177 Å². The normalized spacial score (nSPS) is 24.0. The first-order valence-corrected chi connectivity index (χ1v) is 11.5. The summed E-state index contributed by atoms with van der Waals surface area (Å²) in [5, 5.41) is 1.85. The van der Waals surface area contributed by atoms with E-state index >= 15 is 0 Å². The molecule has 0 amide bonds. The van der Waals surface area contributed by atoms with Crippen LogP contribution in [0.15, 0.2) is 59.5 Å². The maximum Gasteiger partial charge on any atom is 0.324 e. The van der Waals surface area contributed by atoms with Crippen LogP contribution >= 0.6 is 0 Å². The van der Waals surface area contributed by atoms with Crippen LogP contribution in [0.3, 0.4) is 0 Å². The van der Waals surface area contributed by atoms with Crippen molar-refractivity contribution < 1.29 is 22.7 Å². The minimum Gasteiger partial charge on any atom is -0.468 e. The lowest BCUT2D eigenvalue weighted by Crippen LogP contribution is -2.46. The second-order valence-electron chi connectivity index (χ2n) is 7.96. The summed E-state index contributed by atoms with van der Waals surface area (Å²) in [5.41, 5.74) is 1.75. The van der Waals surface area contributed by atoms with Crippen molar-refractivity contribution in [1.29, 1.82) is 0 Å². The summed E-state index contributed by atoms with van der Waals surface area (Å²) in [6, 6.07) is 13.7. The molecule has 1 aliphatic heterocycles. The number of rotatable bonds is 6. The van der Waals surface area contributed by atoms with Crippen molar-refractivity contribution in [1.82, 2.24) is 5.32 Å². The molecular formula is C23H27NO5S. The molecule has 2 aromatic carbocycles. The average molecular weight is 430 g/mol. The largest absolute Gasteiger partial charge is 0.468 e. The van der Waals surface area contributed by atoms with E-state index in [-0.39, 0.29) is 10.7 Å². The highest BCUT2D eigenvalue weighted by Crippen LogP contribution is 2.41. The molecule has 0 bridgehead atoms. The Bertz CT molecular complexity index is 1030. The molecule has 30 heavy (non-hydrogen) atoms. The number of hydrogen-bond acceptors (Lipinski definition) is 6. The van der Waals surface area contributed by atoms with Gasteiger partial charge in [-0.2, -0.15) is 0 Å². The maximum absolute atomic E-state index is 13.6. The SMILES string of the molecule is COC(=O)[C@@H]1N[C@H](c2cccc(C)c2)[C@@H](C(=O)C(C)C)[C@@H]1S(=O)(=O)c1ccccc1. The summed E-state index contributed by atoms with van der Waals surface area (Å²) in [6.07, 6.45) is 0. The molecule has 4 atom stereocenters. The molecule has 0 saturated carbocycles. The van der Waals surface area contributed by atoms with E-state index in [9.17, 15) is 18.0 Å². The number of Topliss-reactive ketones (excluding diaryl/α,β-unsaturated/α-hetero) is 1. The third kappa shape index (κ3) is 4.04. The number of hydrogen-bond donors (Lipinski definition) is 1. The molecule has 0 aliphatic carbocycles. The van der Waals surface area contributed by atoms with Crippen molar-refractivity contribution in [3.8, 4) is 0 Å². The zero-order valence-electron chi connectivity index (χ0n) is 17.5. The number of methoxy groups -OCH3 is 1. The Balaban J connectivity index is 2.20. The second kappa shape index (κ2) is 8.70. The summed E-state index contributed by atoms with van der Waals surface area (Å²) < 4.78 is 32.2. The van der Waals surface area contributed by atoms with Crippen molar-refractivity contribution in [2.45, 2.75) is 43.0 Å². The molecule has 0 unspecified atom stereocenters. The van der Waals surface area contributed by atoms with Crippen molar-refractivity contribution in [3.63, 3.8) is 0 Å². The third-order valence-corrected chi connectivity index (χ3v) is 7.80. The maximum atomic E-state index is 13.6. The number of benzene rings is 2. The van der Waals surface area contributed by atoms with E-state index in [0.717, 1.165) is 11.1 Å². The number of aryl methyl sites for hydroxylation is 1. The van der Waals surface area contributed by atoms with Gasteiger partial charge in [-0.15, -0.1) is 0 Å². The predicted octanol–water partition coefficient (Wildman–Crippen LogP) is 2.86. The fourth-order valence-electron chi connectivity index (χ4n) is 4.14. The Morgan fingerprint density at radius 2 is 1.70 bits per heavy atom. The molecule has 1 heterocycles. The Hall–Kier alpha value is -2.51. The minimum absolute atomic E-state index is 0.0807. The van der Waals surface area contributed by atoms with Crippen LogP contribution in [-0.4, -0.2) is 38.6 Å². The number of ketones is 1. The third-order valence-electron chi connectivity index (χ3n) is 5.58. The highest BCUT2D eigenvalue weighted by molar-refractivity contribution is 7.92. The van der Waals surface area contributed by atoms with Gasteiger partial charge in [-0.3, -0.25) is 14.9 Å². The standard InChI is InChI=1S/C23H27NO5S/c1-14(2)21(25)18-19(16-10-8-9-15(3)13-16)24-20(23(26)29-4)22(18)30(27,28)17-11-6-5-7-12-17/h5-14,18-20,22,24H,1-4H3/t18-,19+,20+,22-/m0/s1. The molecule has 160 valence electrons. The Morgan fingerprint density at radius 1 is 1.03 bits per heavy atom. The lowest BCUT2D eigenvalue weighted by Gasteiger charge is -2.26. The van der Waals surface area contributed by atoms with Crippen molar-refractivity contribution in [2.24, 2.45) is 11.8 Å². The zero-order chi connectivity index (χ0) is 22.1. The van der Waals surface area contributed by atoms with Crippen LogP contribution in [0.4, 0.5) is 0 Å². The van der Waals surface area contributed by atoms with E-state index in [4.69, 9.17) is 4.74 Å². The van der Waals surface area contributed by atoms with Gasteiger partial charge >= 0.3 is 5.97 Å². The number of nitrogens with one attached hydrogen (secondary N) is 1. The molecule has 1 N–H and O–H groups in total. The van der Waals surface area contributed by atoms with E-state index in [1.165, 1.54) is 19.2 Å². The first-order valence-electron chi connectivity index (χ1n) is 9.91. The number of ether oxygens (including phenoxy) is 1. The van der Waals surface area contributed by atoms with Crippen molar-refractivity contribution in [3.05, 3.63) is 65.7 Å². The quantitative estimate of drug-likeness (QED) is 0.711. The molecule has 7 heteroatoms. The molecule has 0 spiro atoms. The highest BCUT2D eigenvalue weighted by Gasteiger charge is 2.56. The number of sulfone groups is 1. The van der Waals surface area contributed by atoms with E-state index < -0.39 is 45.0 Å². The summed E-state index contributed by atoms with van der Waals surface area (Å²) in [7, 11) is -2.79. The summed E-state index contributed by atoms with van der Waals surface area (Å²) in [6.45, 7) is 5.41. The molecule has 6 nitrogen and oxygen atoms in total.